The summed E-state index contributed by atoms with van der Waals surface area (Å²) >= 11 is 2.74. The van der Waals surface area contributed by atoms with Gasteiger partial charge < -0.3 is 0 Å². The second-order valence-electron chi connectivity index (χ2n) is 5.99. The Morgan fingerprint density at radius 2 is 1.52 bits per heavy atom. The molecule has 0 unspecified atom stereocenters. The van der Waals surface area contributed by atoms with Gasteiger partial charge in [-0.2, -0.15) is 0 Å². The number of hydrogen-bond acceptors (Lipinski definition) is 4. The second kappa shape index (κ2) is 7.25. The summed E-state index contributed by atoms with van der Waals surface area (Å²) < 4.78 is 28.9. The van der Waals surface area contributed by atoms with E-state index in [0.29, 0.717) is 15.4 Å². The lowest BCUT2D eigenvalue weighted by Gasteiger charge is -2.18. The van der Waals surface area contributed by atoms with E-state index in [1.54, 1.807) is 31.3 Å². The molecule has 0 fully saturated rings. The molecule has 0 spiro atoms. The van der Waals surface area contributed by atoms with E-state index in [0.717, 1.165) is 11.1 Å². The maximum absolute atomic E-state index is 13.4. The summed E-state index contributed by atoms with van der Waals surface area (Å²) in [5.41, 5.74) is 2.23. The van der Waals surface area contributed by atoms with Crippen LogP contribution in [0, 0.1) is 11.6 Å². The third kappa shape index (κ3) is 3.52. The monoisotopic (exact) mass is 400 g/mol. The van der Waals surface area contributed by atoms with Crippen LogP contribution in [0.4, 0.5) is 8.78 Å². The SMILES string of the molecule is Cn1c(SC(c2ccc(F)cc2)c2ccc(F)cc2)nc2ccsc2c1=O. The molecular weight excluding hydrogens is 386 g/mol. The van der Waals surface area contributed by atoms with Gasteiger partial charge in [0.25, 0.3) is 5.56 Å². The van der Waals surface area contributed by atoms with Gasteiger partial charge in [-0.25, -0.2) is 13.8 Å². The average molecular weight is 400 g/mol. The van der Waals surface area contributed by atoms with Crippen LogP contribution < -0.4 is 5.56 Å². The Hall–Kier alpha value is -2.51. The standard InChI is InChI=1S/C20H14F2N2OS2/c1-24-19(25)18-16(10-11-26-18)23-20(24)27-17(12-2-6-14(21)7-3-12)13-4-8-15(22)9-5-13/h2-11,17H,1H3. The van der Waals surface area contributed by atoms with Gasteiger partial charge in [-0.15, -0.1) is 11.3 Å². The molecule has 0 radical (unpaired) electrons. The van der Waals surface area contributed by atoms with Crippen molar-refractivity contribution in [3.63, 3.8) is 0 Å². The molecule has 0 bridgehead atoms. The molecule has 2 aromatic heterocycles. The molecule has 4 rings (SSSR count). The van der Waals surface area contributed by atoms with Crippen LogP contribution in [0.1, 0.15) is 16.4 Å². The van der Waals surface area contributed by atoms with E-state index < -0.39 is 0 Å². The van der Waals surface area contributed by atoms with Crippen molar-refractivity contribution in [2.24, 2.45) is 7.05 Å². The number of thioether (sulfide) groups is 1. The van der Waals surface area contributed by atoms with Crippen molar-refractivity contribution < 1.29 is 8.78 Å². The van der Waals surface area contributed by atoms with Gasteiger partial charge in [0.15, 0.2) is 5.16 Å². The molecule has 0 aliphatic heterocycles. The molecule has 0 N–H and O–H groups in total. The van der Waals surface area contributed by atoms with Crippen LogP contribution in [0.2, 0.25) is 0 Å². The highest BCUT2D eigenvalue weighted by Crippen LogP contribution is 2.39. The van der Waals surface area contributed by atoms with Crippen LogP contribution in [0.5, 0.6) is 0 Å². The first-order valence-electron chi connectivity index (χ1n) is 8.15. The minimum atomic E-state index is -0.327. The largest absolute Gasteiger partial charge is 0.289 e. The maximum Gasteiger partial charge on any atom is 0.271 e. The Labute approximate surface area is 162 Å². The number of rotatable bonds is 4. The van der Waals surface area contributed by atoms with Gasteiger partial charge in [-0.1, -0.05) is 36.0 Å². The van der Waals surface area contributed by atoms with Crippen LogP contribution in [0.15, 0.2) is 69.9 Å². The van der Waals surface area contributed by atoms with Crippen LogP contribution in [0.25, 0.3) is 10.2 Å². The number of benzene rings is 2. The molecule has 0 saturated carbocycles. The summed E-state index contributed by atoms with van der Waals surface area (Å²) in [5, 5.41) is 2.12. The number of thiophene rings is 1. The van der Waals surface area contributed by atoms with Crippen LogP contribution in [-0.2, 0) is 7.05 Å². The minimum absolute atomic E-state index is 0.102. The van der Waals surface area contributed by atoms with E-state index in [1.165, 1.54) is 51.9 Å². The normalized spacial score (nSPS) is 11.4. The second-order valence-corrected chi connectivity index (χ2v) is 7.98. The lowest BCUT2D eigenvalue weighted by Crippen LogP contribution is -2.19. The molecule has 0 atom stereocenters. The molecular formula is C20H14F2N2OS2. The van der Waals surface area contributed by atoms with Crippen LogP contribution >= 0.6 is 23.1 Å². The number of hydrogen-bond donors (Lipinski definition) is 0. The van der Waals surface area contributed by atoms with Crippen molar-refractivity contribution >= 4 is 33.3 Å². The van der Waals surface area contributed by atoms with Gasteiger partial charge in [0, 0.05) is 7.05 Å². The zero-order valence-corrected chi connectivity index (χ0v) is 15.9. The molecule has 0 amide bonds. The fraction of sp³-hybridized carbons (Fsp3) is 0.100. The zero-order chi connectivity index (χ0) is 19.0. The third-order valence-corrected chi connectivity index (χ3v) is 6.46. The van der Waals surface area contributed by atoms with Gasteiger partial charge in [0.1, 0.15) is 16.3 Å². The summed E-state index contributed by atoms with van der Waals surface area (Å²) in [6.07, 6.45) is 0. The fourth-order valence-corrected chi connectivity index (χ4v) is 4.78. The molecule has 2 heterocycles. The summed E-state index contributed by atoms with van der Waals surface area (Å²) in [4.78, 5) is 17.2. The van der Waals surface area contributed by atoms with Crippen molar-refractivity contribution in [3.05, 3.63) is 93.1 Å². The highest BCUT2D eigenvalue weighted by atomic mass is 32.2. The highest BCUT2D eigenvalue weighted by molar-refractivity contribution is 7.99. The Bertz CT molecular complexity index is 1110. The quantitative estimate of drug-likeness (QED) is 0.351. The number of halogens is 2. The Kier molecular flexibility index (Phi) is 4.80. The molecule has 4 aromatic rings. The predicted molar refractivity (Wildman–Crippen MR) is 105 cm³/mol. The van der Waals surface area contributed by atoms with Crippen molar-refractivity contribution in [1.82, 2.24) is 9.55 Å². The van der Waals surface area contributed by atoms with Gasteiger partial charge in [0.2, 0.25) is 0 Å². The van der Waals surface area contributed by atoms with E-state index in [1.807, 2.05) is 11.4 Å². The first-order chi connectivity index (χ1) is 13.0. The molecule has 3 nitrogen and oxygen atoms in total. The highest BCUT2D eigenvalue weighted by Gasteiger charge is 2.20. The van der Waals surface area contributed by atoms with Gasteiger partial charge in [0.05, 0.1) is 10.8 Å². The van der Waals surface area contributed by atoms with E-state index >= 15 is 0 Å². The smallest absolute Gasteiger partial charge is 0.271 e. The molecule has 0 saturated heterocycles. The molecule has 0 aliphatic carbocycles. The van der Waals surface area contributed by atoms with E-state index in [4.69, 9.17) is 0 Å². The molecule has 136 valence electrons. The maximum atomic E-state index is 13.4. The summed E-state index contributed by atoms with van der Waals surface area (Å²) in [7, 11) is 1.68. The summed E-state index contributed by atoms with van der Waals surface area (Å²) in [5.74, 6) is -0.654. The van der Waals surface area contributed by atoms with E-state index in [9.17, 15) is 13.6 Å². The van der Waals surface area contributed by atoms with Crippen LogP contribution in [-0.4, -0.2) is 9.55 Å². The van der Waals surface area contributed by atoms with E-state index in [-0.39, 0.29) is 22.4 Å². The topological polar surface area (TPSA) is 34.9 Å². The Morgan fingerprint density at radius 3 is 2.07 bits per heavy atom. The lowest BCUT2D eigenvalue weighted by atomic mass is 10.0. The number of nitrogens with zero attached hydrogens (tertiary/aromatic N) is 2. The van der Waals surface area contributed by atoms with Gasteiger partial charge >= 0.3 is 0 Å². The molecule has 7 heteroatoms. The lowest BCUT2D eigenvalue weighted by molar-refractivity contribution is 0.626. The van der Waals surface area contributed by atoms with Crippen LogP contribution in [0.3, 0.4) is 0 Å². The van der Waals surface area contributed by atoms with Crippen molar-refractivity contribution in [2.45, 2.75) is 10.4 Å². The molecule has 27 heavy (non-hydrogen) atoms. The third-order valence-electron chi connectivity index (χ3n) is 4.22. The van der Waals surface area contributed by atoms with Crippen molar-refractivity contribution in [2.75, 3.05) is 0 Å². The van der Waals surface area contributed by atoms with E-state index in [2.05, 4.69) is 4.98 Å². The first-order valence-corrected chi connectivity index (χ1v) is 9.90. The van der Waals surface area contributed by atoms with Crippen molar-refractivity contribution in [1.29, 1.82) is 0 Å². The number of fused-ring (bicyclic) bond motifs is 1. The van der Waals surface area contributed by atoms with Gasteiger partial charge in [-0.05, 0) is 46.8 Å². The average Bonchev–Trinajstić information content (AvgIpc) is 3.14. The Balaban J connectivity index is 1.82. The minimum Gasteiger partial charge on any atom is -0.289 e. The first kappa shape index (κ1) is 17.9. The summed E-state index contributed by atoms with van der Waals surface area (Å²) in [6, 6.07) is 14.1. The van der Waals surface area contributed by atoms with Gasteiger partial charge in [-0.3, -0.25) is 9.36 Å². The fourth-order valence-electron chi connectivity index (χ4n) is 2.78. The zero-order valence-electron chi connectivity index (χ0n) is 14.2. The molecule has 2 aromatic carbocycles. The number of aromatic nitrogens is 2. The molecule has 0 aliphatic rings. The summed E-state index contributed by atoms with van der Waals surface area (Å²) in [6.45, 7) is 0. The van der Waals surface area contributed by atoms with Crippen molar-refractivity contribution in [3.8, 4) is 0 Å². The Morgan fingerprint density at radius 1 is 0.963 bits per heavy atom. The predicted octanol–water partition coefficient (Wildman–Crippen LogP) is 5.15.